The predicted molar refractivity (Wildman–Crippen MR) is 115 cm³/mol. The van der Waals surface area contributed by atoms with Crippen LogP contribution in [0.4, 0.5) is 0 Å². The van der Waals surface area contributed by atoms with Gasteiger partial charge in [0.25, 0.3) is 0 Å². The maximum absolute atomic E-state index is 10.2. The van der Waals surface area contributed by atoms with E-state index in [0.29, 0.717) is 13.0 Å². The van der Waals surface area contributed by atoms with E-state index < -0.39 is 0 Å². The normalized spacial score (nSPS) is 12.4. The van der Waals surface area contributed by atoms with Crippen LogP contribution in [0.1, 0.15) is 50.2 Å². The van der Waals surface area contributed by atoms with Gasteiger partial charge in [-0.2, -0.15) is 5.06 Å². The molecule has 0 radical (unpaired) electrons. The molecule has 1 atom stereocenters. The number of aromatic hydroxyl groups is 2. The van der Waals surface area contributed by atoms with E-state index in [1.54, 1.807) is 12.1 Å². The molecule has 0 saturated carbocycles. The average Bonchev–Trinajstić information content (AvgIpc) is 2.69. The van der Waals surface area contributed by atoms with Crippen molar-refractivity contribution in [2.45, 2.75) is 57.9 Å². The number of phenols is 2. The summed E-state index contributed by atoms with van der Waals surface area (Å²) in [7, 11) is 0. The van der Waals surface area contributed by atoms with Crippen molar-refractivity contribution in [3.8, 4) is 11.5 Å². The van der Waals surface area contributed by atoms with Gasteiger partial charge in [0.05, 0.1) is 0 Å². The quantitative estimate of drug-likeness (QED) is 0.309. The summed E-state index contributed by atoms with van der Waals surface area (Å²) < 4.78 is 5.71. The monoisotopic (exact) mass is 401 g/mol. The van der Waals surface area contributed by atoms with Crippen molar-refractivity contribution >= 4 is 0 Å². The number of nitrogens with zero attached hydrogens (tertiary/aromatic N) is 1. The number of hydrogen-bond acceptors (Lipinski definition) is 5. The lowest BCUT2D eigenvalue weighted by Crippen LogP contribution is -2.32. The standard InChI is InChI=1S/C24H35NO4/c1-20(16-22-17-23(26)19-24(27)18-22)25(28)13-7-2-3-8-14-29-15-9-12-21-10-5-4-6-11-21/h4-6,10-11,17-20,26-28H,2-3,7-9,12-16H2,1H3. The lowest BCUT2D eigenvalue weighted by Gasteiger charge is -2.22. The molecule has 0 heterocycles. The van der Waals surface area contributed by atoms with Crippen LogP contribution in [-0.4, -0.2) is 46.3 Å². The fourth-order valence-corrected chi connectivity index (χ4v) is 3.40. The van der Waals surface area contributed by atoms with E-state index in [1.165, 1.54) is 16.7 Å². The molecule has 0 aliphatic heterocycles. The number of aryl methyl sites for hydroxylation is 1. The van der Waals surface area contributed by atoms with E-state index in [0.717, 1.165) is 57.3 Å². The first-order chi connectivity index (χ1) is 14.0. The third-order valence-corrected chi connectivity index (χ3v) is 5.03. The molecule has 1 unspecified atom stereocenters. The van der Waals surface area contributed by atoms with Gasteiger partial charge in [-0.1, -0.05) is 43.2 Å². The summed E-state index contributed by atoms with van der Waals surface area (Å²) in [6.45, 7) is 4.16. The lowest BCUT2D eigenvalue weighted by molar-refractivity contribution is -0.122. The van der Waals surface area contributed by atoms with Gasteiger partial charge in [-0.3, -0.25) is 0 Å². The van der Waals surface area contributed by atoms with E-state index >= 15 is 0 Å². The Morgan fingerprint density at radius 3 is 2.21 bits per heavy atom. The summed E-state index contributed by atoms with van der Waals surface area (Å²) in [4.78, 5) is 0. The predicted octanol–water partition coefficient (Wildman–Crippen LogP) is 4.93. The van der Waals surface area contributed by atoms with Crippen molar-refractivity contribution in [3.63, 3.8) is 0 Å². The Kier molecular flexibility index (Phi) is 10.6. The summed E-state index contributed by atoms with van der Waals surface area (Å²) in [5.41, 5.74) is 2.17. The molecule has 5 nitrogen and oxygen atoms in total. The van der Waals surface area contributed by atoms with E-state index in [-0.39, 0.29) is 17.5 Å². The van der Waals surface area contributed by atoms with Crippen LogP contribution in [0.5, 0.6) is 11.5 Å². The fourth-order valence-electron chi connectivity index (χ4n) is 3.40. The number of hydroxylamine groups is 2. The summed E-state index contributed by atoms with van der Waals surface area (Å²) in [6, 6.07) is 14.9. The minimum absolute atomic E-state index is 0.0407. The van der Waals surface area contributed by atoms with Gasteiger partial charge in [-0.05, 0) is 62.3 Å². The lowest BCUT2D eigenvalue weighted by atomic mass is 10.1. The van der Waals surface area contributed by atoms with Crippen molar-refractivity contribution in [3.05, 3.63) is 59.7 Å². The van der Waals surface area contributed by atoms with Gasteiger partial charge < -0.3 is 20.2 Å². The molecule has 5 heteroatoms. The molecule has 0 aliphatic rings. The van der Waals surface area contributed by atoms with Crippen LogP contribution in [0.3, 0.4) is 0 Å². The van der Waals surface area contributed by atoms with Crippen LogP contribution in [0, 0.1) is 0 Å². The van der Waals surface area contributed by atoms with Gasteiger partial charge in [0.1, 0.15) is 11.5 Å². The molecule has 2 rings (SSSR count). The summed E-state index contributed by atoms with van der Waals surface area (Å²) in [5.74, 6) is 0.0814. The molecular formula is C24H35NO4. The maximum Gasteiger partial charge on any atom is 0.119 e. The Balaban J connectivity index is 1.46. The second kappa shape index (κ2) is 13.2. The van der Waals surface area contributed by atoms with Crippen LogP contribution in [0.2, 0.25) is 0 Å². The summed E-state index contributed by atoms with van der Waals surface area (Å²) >= 11 is 0. The first-order valence-electron chi connectivity index (χ1n) is 10.6. The third kappa shape index (κ3) is 9.79. The second-order valence-electron chi connectivity index (χ2n) is 7.69. The molecule has 0 amide bonds. The second-order valence-corrected chi connectivity index (χ2v) is 7.69. The van der Waals surface area contributed by atoms with Gasteiger partial charge >= 0.3 is 0 Å². The van der Waals surface area contributed by atoms with Crippen molar-refractivity contribution in [1.29, 1.82) is 0 Å². The third-order valence-electron chi connectivity index (χ3n) is 5.03. The number of unbranched alkanes of at least 4 members (excludes halogenated alkanes) is 3. The molecule has 0 bridgehead atoms. The minimum atomic E-state index is -0.0795. The Bertz CT molecular complexity index is 672. The minimum Gasteiger partial charge on any atom is -0.508 e. The number of rotatable bonds is 14. The molecular weight excluding hydrogens is 366 g/mol. The Labute approximate surface area is 174 Å². The van der Waals surface area contributed by atoms with Crippen molar-refractivity contribution in [2.75, 3.05) is 19.8 Å². The number of benzene rings is 2. The van der Waals surface area contributed by atoms with Gasteiger partial charge in [-0.25, -0.2) is 0 Å². The maximum atomic E-state index is 10.2. The first kappa shape index (κ1) is 23.2. The van der Waals surface area contributed by atoms with Crippen LogP contribution in [0.25, 0.3) is 0 Å². The van der Waals surface area contributed by atoms with E-state index in [2.05, 4.69) is 24.3 Å². The fraction of sp³-hybridized carbons (Fsp3) is 0.500. The molecule has 160 valence electrons. The molecule has 0 spiro atoms. The zero-order valence-corrected chi connectivity index (χ0v) is 17.5. The number of phenolic OH excluding ortho intramolecular Hbond substituents is 2. The van der Waals surface area contributed by atoms with Crippen molar-refractivity contribution in [2.24, 2.45) is 0 Å². The summed E-state index contributed by atoms with van der Waals surface area (Å²) in [5, 5.41) is 30.6. The zero-order chi connectivity index (χ0) is 20.9. The topological polar surface area (TPSA) is 73.2 Å². The zero-order valence-electron chi connectivity index (χ0n) is 17.5. The van der Waals surface area contributed by atoms with Crippen LogP contribution < -0.4 is 0 Å². The molecule has 3 N–H and O–H groups in total. The molecule has 0 aliphatic carbocycles. The Hall–Kier alpha value is -2.08. The molecule has 0 saturated heterocycles. The molecule has 29 heavy (non-hydrogen) atoms. The van der Waals surface area contributed by atoms with E-state index in [1.807, 2.05) is 13.0 Å². The van der Waals surface area contributed by atoms with Gasteiger partial charge in [0.2, 0.25) is 0 Å². The van der Waals surface area contributed by atoms with Gasteiger partial charge in [-0.15, -0.1) is 0 Å². The highest BCUT2D eigenvalue weighted by Gasteiger charge is 2.12. The molecule has 0 aromatic heterocycles. The van der Waals surface area contributed by atoms with Crippen molar-refractivity contribution in [1.82, 2.24) is 5.06 Å². The summed E-state index contributed by atoms with van der Waals surface area (Å²) in [6.07, 6.45) is 6.82. The first-order valence-corrected chi connectivity index (χ1v) is 10.6. The SMILES string of the molecule is CC(Cc1cc(O)cc(O)c1)N(O)CCCCCCOCCCc1ccccc1. The van der Waals surface area contributed by atoms with Gasteiger partial charge in [0.15, 0.2) is 0 Å². The van der Waals surface area contributed by atoms with Gasteiger partial charge in [0, 0.05) is 31.9 Å². The average molecular weight is 402 g/mol. The van der Waals surface area contributed by atoms with E-state index in [4.69, 9.17) is 4.74 Å². The number of ether oxygens (including phenoxy) is 1. The Morgan fingerprint density at radius 1 is 0.828 bits per heavy atom. The van der Waals surface area contributed by atoms with Crippen molar-refractivity contribution < 1.29 is 20.2 Å². The highest BCUT2D eigenvalue weighted by Crippen LogP contribution is 2.22. The highest BCUT2D eigenvalue weighted by molar-refractivity contribution is 5.36. The van der Waals surface area contributed by atoms with Crippen LogP contribution in [-0.2, 0) is 17.6 Å². The van der Waals surface area contributed by atoms with Crippen LogP contribution in [0.15, 0.2) is 48.5 Å². The Morgan fingerprint density at radius 2 is 1.48 bits per heavy atom. The largest absolute Gasteiger partial charge is 0.508 e. The molecule has 0 fully saturated rings. The molecule has 2 aromatic rings. The van der Waals surface area contributed by atoms with Crippen LogP contribution >= 0.6 is 0 Å². The highest BCUT2D eigenvalue weighted by atomic mass is 16.5. The molecule has 2 aromatic carbocycles. The number of hydrogen-bond donors (Lipinski definition) is 3. The van der Waals surface area contributed by atoms with E-state index in [9.17, 15) is 15.4 Å². The smallest absolute Gasteiger partial charge is 0.119 e.